The highest BCUT2D eigenvalue weighted by molar-refractivity contribution is 7.92. The summed E-state index contributed by atoms with van der Waals surface area (Å²) in [5.74, 6) is -1.89. The number of nitrogens with zero attached hydrogens (tertiary/aromatic N) is 4. The van der Waals surface area contributed by atoms with Crippen LogP contribution in [0.2, 0.25) is 0 Å². The van der Waals surface area contributed by atoms with Crippen molar-refractivity contribution in [3.63, 3.8) is 0 Å². The largest absolute Gasteiger partial charge is 0.478 e. The molecule has 0 saturated heterocycles. The molecule has 1 fully saturated rings. The molecule has 0 atom stereocenters. The van der Waals surface area contributed by atoms with E-state index in [1.807, 2.05) is 18.2 Å². The molecule has 5 aromatic rings. The van der Waals surface area contributed by atoms with Crippen molar-refractivity contribution in [1.82, 2.24) is 14.6 Å². The monoisotopic (exact) mass is 628 g/mol. The Morgan fingerprint density at radius 1 is 1.02 bits per heavy atom. The van der Waals surface area contributed by atoms with E-state index in [0.717, 1.165) is 29.1 Å². The number of carboxylic acid groups (broad SMARTS) is 1. The van der Waals surface area contributed by atoms with Crippen molar-refractivity contribution in [3.8, 4) is 22.4 Å². The van der Waals surface area contributed by atoms with Crippen molar-refractivity contribution in [3.05, 3.63) is 108 Å². The number of carboxylic acids is 1. The molecule has 230 valence electrons. The van der Waals surface area contributed by atoms with Crippen molar-refractivity contribution < 1.29 is 32.6 Å². The summed E-state index contributed by atoms with van der Waals surface area (Å²) in [5.41, 5.74) is 2.27. The Labute approximate surface area is 258 Å². The number of anilines is 1. The number of carbonyl (C=O) groups excluding carboxylic acids is 1. The third kappa shape index (κ3) is 5.81. The topological polar surface area (TPSA) is 142 Å². The molecule has 6 rings (SSSR count). The molecule has 10 nitrogen and oxygen atoms in total. The molecule has 3 heterocycles. The van der Waals surface area contributed by atoms with E-state index < -0.39 is 28.4 Å². The number of sulfonamides is 1. The summed E-state index contributed by atoms with van der Waals surface area (Å²) >= 11 is 0. The number of benzene rings is 2. The SMILES string of the molecule is CS(=O)(=O)N(CCO)c1cn2nc(-c3ccc(F)cc3)c(C(=O)O)c2cc1-c1cccc(C(=O)CC2(c3ccccn3)CC2)c1. The second-order valence-electron chi connectivity index (χ2n) is 11.2. The van der Waals surface area contributed by atoms with E-state index in [2.05, 4.69) is 10.1 Å². The number of carbonyl (C=O) groups is 2. The van der Waals surface area contributed by atoms with Gasteiger partial charge in [-0.25, -0.2) is 22.1 Å². The lowest BCUT2D eigenvalue weighted by atomic mass is 9.91. The van der Waals surface area contributed by atoms with E-state index in [1.165, 1.54) is 41.0 Å². The van der Waals surface area contributed by atoms with Gasteiger partial charge in [-0.2, -0.15) is 5.10 Å². The summed E-state index contributed by atoms with van der Waals surface area (Å²) < 4.78 is 41.8. The van der Waals surface area contributed by atoms with Gasteiger partial charge in [-0.05, 0) is 66.9 Å². The van der Waals surface area contributed by atoms with E-state index >= 15 is 0 Å². The van der Waals surface area contributed by atoms with Crippen LogP contribution in [0, 0.1) is 5.82 Å². The fourth-order valence-corrected chi connectivity index (χ4v) is 6.62. The number of hydrogen-bond donors (Lipinski definition) is 2. The molecule has 1 aliphatic rings. The van der Waals surface area contributed by atoms with Crippen LogP contribution in [0.25, 0.3) is 27.9 Å². The molecular weight excluding hydrogens is 599 g/mol. The molecular formula is C33H29FN4O6S. The fourth-order valence-electron chi connectivity index (χ4n) is 5.71. The van der Waals surface area contributed by atoms with E-state index in [4.69, 9.17) is 0 Å². The lowest BCUT2D eigenvalue weighted by Crippen LogP contribution is -2.33. The molecule has 0 aliphatic heterocycles. The minimum atomic E-state index is -3.93. The first kappa shape index (κ1) is 30.1. The van der Waals surface area contributed by atoms with Crippen LogP contribution < -0.4 is 4.31 Å². The first-order chi connectivity index (χ1) is 21.5. The number of aliphatic hydroxyl groups is 1. The minimum Gasteiger partial charge on any atom is -0.478 e. The van der Waals surface area contributed by atoms with Gasteiger partial charge in [0.25, 0.3) is 0 Å². The molecule has 12 heteroatoms. The van der Waals surface area contributed by atoms with Crippen molar-refractivity contribution in [1.29, 1.82) is 0 Å². The zero-order valence-corrected chi connectivity index (χ0v) is 25.0. The summed E-state index contributed by atoms with van der Waals surface area (Å²) in [6.45, 7) is -0.764. The number of aliphatic hydroxyl groups excluding tert-OH is 1. The van der Waals surface area contributed by atoms with Crippen LogP contribution in [0.1, 0.15) is 45.7 Å². The highest BCUT2D eigenvalue weighted by Crippen LogP contribution is 2.51. The van der Waals surface area contributed by atoms with Gasteiger partial charge in [0.15, 0.2) is 5.78 Å². The standard InChI is InChI=1S/C33H29FN4O6S/c1-45(43,44)38(15-16-39)27-20-37-26(30(32(41)42)31(36-37)21-8-10-24(34)11-9-21)18-25(27)22-5-4-6-23(17-22)28(40)19-33(12-13-33)29-7-2-3-14-35-29/h2-11,14,17-18,20,39H,12-13,15-16,19H2,1H3,(H,41,42). The molecule has 45 heavy (non-hydrogen) atoms. The number of fused-ring (bicyclic) bond motifs is 1. The van der Waals surface area contributed by atoms with Crippen LogP contribution in [-0.4, -0.2) is 64.4 Å². The van der Waals surface area contributed by atoms with Crippen LogP contribution in [0.3, 0.4) is 0 Å². The normalized spacial score (nSPS) is 13.9. The van der Waals surface area contributed by atoms with Gasteiger partial charge in [0.2, 0.25) is 10.0 Å². The maximum atomic E-state index is 13.7. The summed E-state index contributed by atoms with van der Waals surface area (Å²) in [6, 6.07) is 19.1. The molecule has 3 aromatic heterocycles. The van der Waals surface area contributed by atoms with E-state index in [0.29, 0.717) is 22.3 Å². The average Bonchev–Trinajstić information content (AvgIpc) is 3.70. The number of ketones is 1. The van der Waals surface area contributed by atoms with Gasteiger partial charge in [0.1, 0.15) is 17.1 Å². The molecule has 1 saturated carbocycles. The van der Waals surface area contributed by atoms with Gasteiger partial charge in [-0.3, -0.25) is 14.1 Å². The van der Waals surface area contributed by atoms with Crippen molar-refractivity contribution >= 4 is 33.0 Å². The highest BCUT2D eigenvalue weighted by Gasteiger charge is 2.47. The molecule has 2 aromatic carbocycles. The number of aromatic nitrogens is 3. The van der Waals surface area contributed by atoms with Crippen LogP contribution >= 0.6 is 0 Å². The lowest BCUT2D eigenvalue weighted by molar-refractivity contribution is 0.0699. The van der Waals surface area contributed by atoms with Gasteiger partial charge in [-0.1, -0.05) is 24.3 Å². The Hall–Kier alpha value is -4.94. The maximum Gasteiger partial charge on any atom is 0.340 e. The van der Waals surface area contributed by atoms with Gasteiger partial charge < -0.3 is 10.2 Å². The maximum absolute atomic E-state index is 13.7. The first-order valence-electron chi connectivity index (χ1n) is 14.2. The Bertz CT molecular complexity index is 2040. The molecule has 2 N–H and O–H groups in total. The van der Waals surface area contributed by atoms with Crippen molar-refractivity contribution in [2.75, 3.05) is 23.7 Å². The number of pyridine rings is 2. The Morgan fingerprint density at radius 3 is 2.40 bits per heavy atom. The summed E-state index contributed by atoms with van der Waals surface area (Å²) in [5, 5.41) is 24.4. The third-order valence-corrected chi connectivity index (χ3v) is 9.29. The smallest absolute Gasteiger partial charge is 0.340 e. The van der Waals surface area contributed by atoms with Gasteiger partial charge in [0.05, 0.1) is 36.8 Å². The third-order valence-electron chi connectivity index (χ3n) is 8.11. The zero-order chi connectivity index (χ0) is 31.9. The lowest BCUT2D eigenvalue weighted by Gasteiger charge is -2.24. The molecule has 0 spiro atoms. The summed E-state index contributed by atoms with van der Waals surface area (Å²) in [4.78, 5) is 30.6. The molecule has 1 aliphatic carbocycles. The van der Waals surface area contributed by atoms with Crippen LogP contribution in [0.4, 0.5) is 10.1 Å². The van der Waals surface area contributed by atoms with Gasteiger partial charge in [-0.15, -0.1) is 0 Å². The molecule has 0 bridgehead atoms. The molecule has 0 radical (unpaired) electrons. The van der Waals surface area contributed by atoms with Crippen LogP contribution in [0.15, 0.2) is 85.2 Å². The summed E-state index contributed by atoms with van der Waals surface area (Å²) in [7, 11) is -3.93. The average molecular weight is 629 g/mol. The fraction of sp³-hybridized carbons (Fsp3) is 0.212. The zero-order valence-electron chi connectivity index (χ0n) is 24.2. The predicted molar refractivity (Wildman–Crippen MR) is 166 cm³/mol. The number of rotatable bonds is 11. The van der Waals surface area contributed by atoms with E-state index in [1.54, 1.807) is 30.5 Å². The second-order valence-corrected chi connectivity index (χ2v) is 13.1. The Morgan fingerprint density at radius 2 is 1.78 bits per heavy atom. The van der Waals surface area contributed by atoms with Gasteiger partial charge in [0, 0.05) is 40.4 Å². The number of Topliss-reactive ketones (excluding diaryl/α,β-unsaturated/α-hetero) is 1. The number of hydrogen-bond acceptors (Lipinski definition) is 7. The summed E-state index contributed by atoms with van der Waals surface area (Å²) in [6.07, 6.45) is 6.04. The number of halogens is 1. The molecule has 0 amide bonds. The van der Waals surface area contributed by atoms with Crippen molar-refractivity contribution in [2.45, 2.75) is 24.7 Å². The van der Waals surface area contributed by atoms with Gasteiger partial charge >= 0.3 is 5.97 Å². The highest BCUT2D eigenvalue weighted by atomic mass is 32.2. The van der Waals surface area contributed by atoms with Crippen LogP contribution in [0.5, 0.6) is 0 Å². The minimum absolute atomic E-state index is 0.0619. The Kier molecular flexibility index (Phi) is 7.71. The van der Waals surface area contributed by atoms with Crippen LogP contribution in [-0.2, 0) is 15.4 Å². The predicted octanol–water partition coefficient (Wildman–Crippen LogP) is 4.96. The van der Waals surface area contributed by atoms with E-state index in [-0.39, 0.29) is 46.6 Å². The van der Waals surface area contributed by atoms with E-state index in [9.17, 15) is 32.6 Å². The number of aromatic carboxylic acids is 1. The Balaban J connectivity index is 1.51. The first-order valence-corrected chi connectivity index (χ1v) is 16.0. The second kappa shape index (κ2) is 11.5. The quantitative estimate of drug-likeness (QED) is 0.196. The molecule has 0 unspecified atom stereocenters. The van der Waals surface area contributed by atoms with Crippen molar-refractivity contribution in [2.24, 2.45) is 0 Å².